The summed E-state index contributed by atoms with van der Waals surface area (Å²) >= 11 is 0. The zero-order valence-corrected chi connectivity index (χ0v) is 32.9. The average molecular weight is 706 g/mol. The van der Waals surface area contributed by atoms with Crippen molar-refractivity contribution in [1.29, 1.82) is 0 Å². The van der Waals surface area contributed by atoms with Crippen molar-refractivity contribution in [2.45, 2.75) is 231 Å². The SMILES string of the molecule is CCCCCCCCCC/C=C/CC/C=C/CC/C=C/CCCC(O)C(O)C(CO)NC(=O)C(O)CCCCCCCCCCCCCCC. The molecule has 6 heteroatoms. The lowest BCUT2D eigenvalue weighted by Gasteiger charge is -2.27. The summed E-state index contributed by atoms with van der Waals surface area (Å²) in [6.45, 7) is 4.02. The minimum absolute atomic E-state index is 0.360. The largest absolute Gasteiger partial charge is 0.394 e. The highest BCUT2D eigenvalue weighted by Crippen LogP contribution is 2.15. The fraction of sp³-hybridized carbons (Fsp3) is 0.841. The van der Waals surface area contributed by atoms with Gasteiger partial charge in [-0.25, -0.2) is 0 Å². The molecule has 0 aromatic rings. The van der Waals surface area contributed by atoms with Gasteiger partial charge in [0, 0.05) is 0 Å². The van der Waals surface area contributed by atoms with E-state index in [2.05, 4.69) is 55.6 Å². The average Bonchev–Trinajstić information content (AvgIpc) is 3.12. The Morgan fingerprint density at radius 1 is 0.480 bits per heavy atom. The van der Waals surface area contributed by atoms with Crippen molar-refractivity contribution in [3.8, 4) is 0 Å². The number of hydrogen-bond donors (Lipinski definition) is 5. The van der Waals surface area contributed by atoms with Gasteiger partial charge in [0.1, 0.15) is 12.2 Å². The van der Waals surface area contributed by atoms with Gasteiger partial charge in [0.15, 0.2) is 0 Å². The van der Waals surface area contributed by atoms with Gasteiger partial charge in [-0.05, 0) is 64.2 Å². The standard InChI is InChI=1S/C44H83NO5/c1-3-5-7-9-11-13-15-17-18-19-20-21-22-23-24-26-27-29-31-33-35-37-41(47)43(49)40(39-46)45-44(50)42(48)38-36-34-32-30-28-25-16-14-12-10-8-6-4-2/h19-20,23-24,29,31,40-43,46-49H,3-18,21-22,25-28,30,32-39H2,1-2H3,(H,45,50)/b20-19+,24-23+,31-29+. The number of rotatable bonds is 38. The van der Waals surface area contributed by atoms with Crippen molar-refractivity contribution in [3.63, 3.8) is 0 Å². The quantitative estimate of drug-likeness (QED) is 0.0324. The first-order chi connectivity index (χ1) is 24.5. The van der Waals surface area contributed by atoms with Crippen LogP contribution in [0.3, 0.4) is 0 Å². The van der Waals surface area contributed by atoms with Crippen molar-refractivity contribution in [2.75, 3.05) is 6.61 Å². The molecule has 0 spiro atoms. The van der Waals surface area contributed by atoms with Gasteiger partial charge in [-0.2, -0.15) is 0 Å². The monoisotopic (exact) mass is 706 g/mol. The smallest absolute Gasteiger partial charge is 0.249 e. The van der Waals surface area contributed by atoms with E-state index in [0.717, 1.165) is 51.4 Å². The second kappa shape index (κ2) is 38.8. The van der Waals surface area contributed by atoms with Crippen LogP contribution in [0.25, 0.3) is 0 Å². The number of allylic oxidation sites excluding steroid dienone is 6. The van der Waals surface area contributed by atoms with Crippen molar-refractivity contribution in [2.24, 2.45) is 0 Å². The molecule has 0 aliphatic heterocycles. The van der Waals surface area contributed by atoms with E-state index >= 15 is 0 Å². The third-order valence-corrected chi connectivity index (χ3v) is 9.81. The number of nitrogens with one attached hydrogen (secondary N) is 1. The first-order valence-electron chi connectivity index (χ1n) is 21.4. The maximum Gasteiger partial charge on any atom is 0.249 e. The molecule has 0 radical (unpaired) electrons. The van der Waals surface area contributed by atoms with Gasteiger partial charge in [0.2, 0.25) is 5.91 Å². The van der Waals surface area contributed by atoms with Crippen LogP contribution in [0, 0.1) is 0 Å². The molecule has 0 saturated heterocycles. The fourth-order valence-corrected chi connectivity index (χ4v) is 6.38. The van der Waals surface area contributed by atoms with Gasteiger partial charge in [0.05, 0.1) is 18.8 Å². The second-order valence-corrected chi connectivity index (χ2v) is 14.7. The van der Waals surface area contributed by atoms with Crippen molar-refractivity contribution in [3.05, 3.63) is 36.5 Å². The molecule has 0 bridgehead atoms. The van der Waals surface area contributed by atoms with Crippen LogP contribution in [0.5, 0.6) is 0 Å². The highest BCUT2D eigenvalue weighted by atomic mass is 16.3. The van der Waals surface area contributed by atoms with Crippen LogP contribution in [-0.4, -0.2) is 57.3 Å². The first kappa shape index (κ1) is 48.5. The van der Waals surface area contributed by atoms with E-state index in [1.807, 2.05) is 0 Å². The summed E-state index contributed by atoms with van der Waals surface area (Å²) in [5.74, 6) is -0.600. The minimum Gasteiger partial charge on any atom is -0.394 e. The summed E-state index contributed by atoms with van der Waals surface area (Å²) in [6, 6.07) is -1.01. The Morgan fingerprint density at radius 3 is 1.26 bits per heavy atom. The van der Waals surface area contributed by atoms with E-state index < -0.39 is 36.9 Å². The first-order valence-corrected chi connectivity index (χ1v) is 21.4. The maximum atomic E-state index is 12.5. The molecule has 4 atom stereocenters. The van der Waals surface area contributed by atoms with E-state index in [4.69, 9.17) is 0 Å². The molecule has 50 heavy (non-hydrogen) atoms. The van der Waals surface area contributed by atoms with E-state index in [1.54, 1.807) is 0 Å². The second-order valence-electron chi connectivity index (χ2n) is 14.7. The van der Waals surface area contributed by atoms with Gasteiger partial charge in [0.25, 0.3) is 0 Å². The summed E-state index contributed by atoms with van der Waals surface area (Å²) in [6.07, 6.45) is 44.6. The Labute approximate surface area is 309 Å². The van der Waals surface area contributed by atoms with Gasteiger partial charge >= 0.3 is 0 Å². The number of amides is 1. The van der Waals surface area contributed by atoms with E-state index in [-0.39, 0.29) is 0 Å². The highest BCUT2D eigenvalue weighted by molar-refractivity contribution is 5.80. The van der Waals surface area contributed by atoms with Gasteiger partial charge < -0.3 is 25.7 Å². The third kappa shape index (κ3) is 32.4. The van der Waals surface area contributed by atoms with Crippen LogP contribution in [0.15, 0.2) is 36.5 Å². The molecule has 0 rings (SSSR count). The number of aliphatic hydroxyl groups excluding tert-OH is 4. The Morgan fingerprint density at radius 2 is 0.840 bits per heavy atom. The van der Waals surface area contributed by atoms with Crippen LogP contribution in [0.2, 0.25) is 0 Å². The molecule has 0 aromatic carbocycles. The molecule has 0 saturated carbocycles. The molecule has 0 fully saturated rings. The van der Waals surface area contributed by atoms with E-state index in [0.29, 0.717) is 19.3 Å². The predicted octanol–water partition coefficient (Wildman–Crippen LogP) is 11.0. The molecule has 0 heterocycles. The zero-order valence-electron chi connectivity index (χ0n) is 32.9. The van der Waals surface area contributed by atoms with E-state index in [1.165, 1.54) is 122 Å². The molecule has 5 N–H and O–H groups in total. The number of aliphatic hydroxyl groups is 4. The van der Waals surface area contributed by atoms with Crippen LogP contribution in [0.1, 0.15) is 206 Å². The molecule has 4 unspecified atom stereocenters. The normalized spacial score (nSPS) is 14.6. The molecular formula is C44H83NO5. The third-order valence-electron chi connectivity index (χ3n) is 9.81. The van der Waals surface area contributed by atoms with Crippen LogP contribution >= 0.6 is 0 Å². The summed E-state index contributed by atoms with van der Waals surface area (Å²) < 4.78 is 0. The van der Waals surface area contributed by atoms with Crippen LogP contribution in [-0.2, 0) is 4.79 Å². The molecule has 294 valence electrons. The van der Waals surface area contributed by atoms with Gasteiger partial charge in [-0.1, -0.05) is 179 Å². The van der Waals surface area contributed by atoms with E-state index in [9.17, 15) is 25.2 Å². The zero-order chi connectivity index (χ0) is 36.8. The van der Waals surface area contributed by atoms with Gasteiger partial charge in [-0.15, -0.1) is 0 Å². The summed E-state index contributed by atoms with van der Waals surface area (Å²) in [5, 5.41) is 43.6. The molecular weight excluding hydrogens is 622 g/mol. The van der Waals surface area contributed by atoms with Crippen molar-refractivity contribution in [1.82, 2.24) is 5.32 Å². The summed E-state index contributed by atoms with van der Waals surface area (Å²) in [4.78, 5) is 12.5. The molecule has 1 amide bonds. The van der Waals surface area contributed by atoms with Crippen molar-refractivity contribution >= 4 is 5.91 Å². The Balaban J connectivity index is 3.84. The Hall–Kier alpha value is -1.47. The minimum atomic E-state index is -1.29. The predicted molar refractivity (Wildman–Crippen MR) is 214 cm³/mol. The number of unbranched alkanes of at least 4 members (excludes halogenated alkanes) is 23. The number of carbonyl (C=O) groups is 1. The molecule has 0 aliphatic rings. The Kier molecular flexibility index (Phi) is 37.6. The highest BCUT2D eigenvalue weighted by Gasteiger charge is 2.28. The fourth-order valence-electron chi connectivity index (χ4n) is 6.38. The topological polar surface area (TPSA) is 110 Å². The maximum absolute atomic E-state index is 12.5. The summed E-state index contributed by atoms with van der Waals surface area (Å²) in [5.41, 5.74) is 0. The van der Waals surface area contributed by atoms with Crippen molar-refractivity contribution < 1.29 is 25.2 Å². The number of hydrogen-bond acceptors (Lipinski definition) is 5. The van der Waals surface area contributed by atoms with Crippen LogP contribution < -0.4 is 5.32 Å². The lowest BCUT2D eigenvalue weighted by Crippen LogP contribution is -2.53. The number of carbonyl (C=O) groups excluding carboxylic acids is 1. The van der Waals surface area contributed by atoms with Crippen LogP contribution in [0.4, 0.5) is 0 Å². The molecule has 6 nitrogen and oxygen atoms in total. The lowest BCUT2D eigenvalue weighted by molar-refractivity contribution is -0.132. The summed E-state index contributed by atoms with van der Waals surface area (Å²) in [7, 11) is 0. The van der Waals surface area contributed by atoms with Gasteiger partial charge in [-0.3, -0.25) is 4.79 Å². The molecule has 0 aliphatic carbocycles. The Bertz CT molecular complexity index is 797. The molecule has 0 aromatic heterocycles. The lowest BCUT2D eigenvalue weighted by atomic mass is 10.00.